The third-order valence-electron chi connectivity index (χ3n) is 5.45. The van der Waals surface area contributed by atoms with Crippen molar-refractivity contribution in [2.45, 2.75) is 45.3 Å². The Balaban J connectivity index is 1.50. The first-order valence-electron chi connectivity index (χ1n) is 9.55. The fourth-order valence-corrected chi connectivity index (χ4v) is 4.00. The lowest BCUT2D eigenvalue weighted by molar-refractivity contribution is 0.186. The van der Waals surface area contributed by atoms with Gasteiger partial charge in [-0.3, -0.25) is 14.6 Å². The molecule has 138 valence electrons. The van der Waals surface area contributed by atoms with Crippen molar-refractivity contribution in [2.75, 3.05) is 19.6 Å². The predicted octanol–water partition coefficient (Wildman–Crippen LogP) is 2.89. The molecule has 0 atom stereocenters. The van der Waals surface area contributed by atoms with E-state index in [2.05, 4.69) is 34.1 Å². The third-order valence-corrected chi connectivity index (χ3v) is 5.45. The number of benzene rings is 1. The molecule has 0 bridgehead atoms. The number of hydrogen-bond donors (Lipinski definition) is 1. The van der Waals surface area contributed by atoms with Gasteiger partial charge in [0.15, 0.2) is 5.76 Å². The third kappa shape index (κ3) is 3.84. The summed E-state index contributed by atoms with van der Waals surface area (Å²) < 4.78 is 5.95. The highest BCUT2D eigenvalue weighted by Gasteiger charge is 2.21. The van der Waals surface area contributed by atoms with Gasteiger partial charge in [-0.2, -0.15) is 0 Å². The normalized spacial score (nSPS) is 18.6. The minimum atomic E-state index is -0.337. The molecule has 0 aliphatic carbocycles. The van der Waals surface area contributed by atoms with Gasteiger partial charge < -0.3 is 9.52 Å². The lowest BCUT2D eigenvalue weighted by atomic mass is 10.00. The van der Waals surface area contributed by atoms with Gasteiger partial charge in [-0.25, -0.2) is 0 Å². The zero-order valence-corrected chi connectivity index (χ0v) is 15.1. The standard InChI is InChI=1S/C21H26N2O3/c24-19-12-18(14-22-9-4-1-5-10-22)26-20(21(19)25)15-23-11-8-16-6-2-3-7-17(16)13-23/h2-3,6-7,12,25H,1,4-5,8-11,13-15H2. The van der Waals surface area contributed by atoms with Crippen LogP contribution in [-0.4, -0.2) is 34.5 Å². The van der Waals surface area contributed by atoms with E-state index >= 15 is 0 Å². The maximum absolute atomic E-state index is 12.2. The van der Waals surface area contributed by atoms with E-state index in [0.717, 1.165) is 32.6 Å². The minimum absolute atomic E-state index is 0.244. The van der Waals surface area contributed by atoms with Gasteiger partial charge in [-0.05, 0) is 43.5 Å². The quantitative estimate of drug-likeness (QED) is 0.915. The van der Waals surface area contributed by atoms with Gasteiger partial charge in [0.05, 0.1) is 13.1 Å². The van der Waals surface area contributed by atoms with Crippen LogP contribution in [-0.2, 0) is 26.1 Å². The molecular formula is C21H26N2O3. The molecular weight excluding hydrogens is 328 g/mol. The van der Waals surface area contributed by atoms with E-state index in [0.29, 0.717) is 24.6 Å². The van der Waals surface area contributed by atoms with Crippen molar-refractivity contribution in [2.24, 2.45) is 0 Å². The molecule has 1 fully saturated rings. The molecule has 2 aliphatic rings. The van der Waals surface area contributed by atoms with E-state index in [-0.39, 0.29) is 11.2 Å². The Kier molecular flexibility index (Phi) is 5.09. The predicted molar refractivity (Wildman–Crippen MR) is 100 cm³/mol. The first-order chi connectivity index (χ1) is 12.7. The lowest BCUT2D eigenvalue weighted by Gasteiger charge is -2.28. The number of piperidine rings is 1. The van der Waals surface area contributed by atoms with E-state index in [4.69, 9.17) is 4.42 Å². The van der Waals surface area contributed by atoms with E-state index in [1.165, 1.54) is 36.5 Å². The summed E-state index contributed by atoms with van der Waals surface area (Å²) >= 11 is 0. The average Bonchev–Trinajstić information content (AvgIpc) is 2.66. The van der Waals surface area contributed by atoms with Crippen LogP contribution >= 0.6 is 0 Å². The molecule has 2 aromatic rings. The van der Waals surface area contributed by atoms with Gasteiger partial charge in [0.25, 0.3) is 0 Å². The summed E-state index contributed by atoms with van der Waals surface area (Å²) in [5.74, 6) is 0.803. The molecule has 4 rings (SSSR count). The monoisotopic (exact) mass is 354 g/mol. The number of nitrogens with zero attached hydrogens (tertiary/aromatic N) is 2. The van der Waals surface area contributed by atoms with Gasteiger partial charge in [0, 0.05) is 19.2 Å². The second kappa shape index (κ2) is 7.64. The van der Waals surface area contributed by atoms with Gasteiger partial charge in [0.2, 0.25) is 11.2 Å². The molecule has 2 aliphatic heterocycles. The summed E-state index contributed by atoms with van der Waals surface area (Å²) in [5, 5.41) is 10.2. The fourth-order valence-electron chi connectivity index (χ4n) is 4.00. The van der Waals surface area contributed by atoms with Crippen LogP contribution in [0.1, 0.15) is 41.9 Å². The molecule has 1 aromatic heterocycles. The summed E-state index contributed by atoms with van der Waals surface area (Å²) in [6.07, 6.45) is 4.65. The molecule has 0 amide bonds. The van der Waals surface area contributed by atoms with Crippen LogP contribution in [0.5, 0.6) is 5.75 Å². The van der Waals surface area contributed by atoms with Crippen LogP contribution in [0.4, 0.5) is 0 Å². The van der Waals surface area contributed by atoms with Crippen molar-refractivity contribution in [3.05, 3.63) is 63.2 Å². The Bertz CT molecular complexity index is 824. The molecule has 26 heavy (non-hydrogen) atoms. The molecule has 3 heterocycles. The topological polar surface area (TPSA) is 56.9 Å². The van der Waals surface area contributed by atoms with Crippen molar-refractivity contribution in [1.82, 2.24) is 9.80 Å². The number of hydrogen-bond acceptors (Lipinski definition) is 5. The number of rotatable bonds is 4. The van der Waals surface area contributed by atoms with Crippen LogP contribution < -0.4 is 5.43 Å². The minimum Gasteiger partial charge on any atom is -0.502 e. The Labute approximate surface area is 153 Å². The average molecular weight is 354 g/mol. The molecule has 0 radical (unpaired) electrons. The summed E-state index contributed by atoms with van der Waals surface area (Å²) in [7, 11) is 0. The Morgan fingerprint density at radius 2 is 1.73 bits per heavy atom. The maximum Gasteiger partial charge on any atom is 0.227 e. The Morgan fingerprint density at radius 3 is 2.54 bits per heavy atom. The van der Waals surface area contributed by atoms with Crippen LogP contribution in [0.2, 0.25) is 0 Å². The first-order valence-corrected chi connectivity index (χ1v) is 9.55. The molecule has 1 saturated heterocycles. The van der Waals surface area contributed by atoms with Crippen molar-refractivity contribution >= 4 is 0 Å². The van der Waals surface area contributed by atoms with Gasteiger partial charge in [-0.15, -0.1) is 0 Å². The Morgan fingerprint density at radius 1 is 0.962 bits per heavy atom. The van der Waals surface area contributed by atoms with Crippen molar-refractivity contribution in [1.29, 1.82) is 0 Å². The van der Waals surface area contributed by atoms with E-state index in [9.17, 15) is 9.90 Å². The van der Waals surface area contributed by atoms with Crippen LogP contribution in [0.3, 0.4) is 0 Å². The number of aromatic hydroxyl groups is 1. The smallest absolute Gasteiger partial charge is 0.227 e. The molecule has 1 aromatic carbocycles. The molecule has 0 unspecified atom stereocenters. The SMILES string of the molecule is O=c1cc(CN2CCCCC2)oc(CN2CCc3ccccc3C2)c1O. The van der Waals surface area contributed by atoms with Crippen molar-refractivity contribution in [3.63, 3.8) is 0 Å². The summed E-state index contributed by atoms with van der Waals surface area (Å²) in [6, 6.07) is 9.88. The van der Waals surface area contributed by atoms with E-state index < -0.39 is 0 Å². The molecule has 1 N–H and O–H groups in total. The highest BCUT2D eigenvalue weighted by atomic mass is 16.4. The highest BCUT2D eigenvalue weighted by molar-refractivity contribution is 5.30. The molecule has 0 spiro atoms. The first kappa shape index (κ1) is 17.3. The van der Waals surface area contributed by atoms with Crippen molar-refractivity contribution < 1.29 is 9.52 Å². The van der Waals surface area contributed by atoms with E-state index in [1.54, 1.807) is 0 Å². The number of likely N-dealkylation sites (tertiary alicyclic amines) is 1. The van der Waals surface area contributed by atoms with Gasteiger partial charge in [0.1, 0.15) is 5.76 Å². The molecule has 5 nitrogen and oxygen atoms in total. The Hall–Kier alpha value is -2.11. The fraction of sp³-hybridized carbons (Fsp3) is 0.476. The van der Waals surface area contributed by atoms with E-state index in [1.807, 2.05) is 0 Å². The van der Waals surface area contributed by atoms with Gasteiger partial charge in [-0.1, -0.05) is 30.7 Å². The molecule has 5 heteroatoms. The zero-order chi connectivity index (χ0) is 17.9. The second-order valence-corrected chi connectivity index (χ2v) is 7.41. The van der Waals surface area contributed by atoms with Crippen LogP contribution in [0.15, 0.2) is 39.5 Å². The highest BCUT2D eigenvalue weighted by Crippen LogP contribution is 2.23. The summed E-state index contributed by atoms with van der Waals surface area (Å²) in [6.45, 7) is 4.91. The van der Waals surface area contributed by atoms with Crippen LogP contribution in [0, 0.1) is 0 Å². The van der Waals surface area contributed by atoms with Crippen molar-refractivity contribution in [3.8, 4) is 5.75 Å². The largest absolute Gasteiger partial charge is 0.502 e. The lowest BCUT2D eigenvalue weighted by Crippen LogP contribution is -2.31. The maximum atomic E-state index is 12.2. The second-order valence-electron chi connectivity index (χ2n) is 7.41. The van der Waals surface area contributed by atoms with Crippen LogP contribution in [0.25, 0.3) is 0 Å². The number of fused-ring (bicyclic) bond motifs is 1. The zero-order valence-electron chi connectivity index (χ0n) is 15.1. The summed E-state index contributed by atoms with van der Waals surface area (Å²) in [4.78, 5) is 16.7. The summed E-state index contributed by atoms with van der Waals surface area (Å²) in [5.41, 5.74) is 2.36. The van der Waals surface area contributed by atoms with Gasteiger partial charge >= 0.3 is 0 Å². The molecule has 0 saturated carbocycles.